The van der Waals surface area contributed by atoms with E-state index in [4.69, 9.17) is 15.2 Å². The van der Waals surface area contributed by atoms with E-state index in [1.54, 1.807) is 19.1 Å². The summed E-state index contributed by atoms with van der Waals surface area (Å²) in [7, 11) is 0. The Labute approximate surface area is 121 Å². The van der Waals surface area contributed by atoms with Crippen molar-refractivity contribution in [1.82, 2.24) is 0 Å². The second-order valence-electron chi connectivity index (χ2n) is 5.35. The normalized spacial score (nSPS) is 21.8. The van der Waals surface area contributed by atoms with Crippen LogP contribution in [0.25, 0.3) is 10.8 Å². The van der Waals surface area contributed by atoms with E-state index in [1.807, 2.05) is 30.3 Å². The van der Waals surface area contributed by atoms with Gasteiger partial charge in [-0.2, -0.15) is 0 Å². The molecule has 2 aromatic rings. The summed E-state index contributed by atoms with van der Waals surface area (Å²) in [4.78, 5) is 23.6. The third kappa shape index (κ3) is 2.60. The molecule has 1 amide bonds. The number of nitrogens with two attached hydrogens (primary N) is 1. The minimum absolute atomic E-state index is 0.353. The van der Waals surface area contributed by atoms with E-state index in [1.165, 1.54) is 0 Å². The fourth-order valence-corrected chi connectivity index (χ4v) is 2.24. The first-order valence-electron chi connectivity index (χ1n) is 6.63. The van der Waals surface area contributed by atoms with Crippen molar-refractivity contribution in [2.24, 2.45) is 5.73 Å². The van der Waals surface area contributed by atoms with Crippen LogP contribution in [0.4, 0.5) is 0 Å². The zero-order valence-electron chi connectivity index (χ0n) is 11.5. The van der Waals surface area contributed by atoms with E-state index < -0.39 is 23.6 Å². The number of primary amides is 1. The van der Waals surface area contributed by atoms with Gasteiger partial charge in [0.05, 0.1) is 12.2 Å². The van der Waals surface area contributed by atoms with Gasteiger partial charge < -0.3 is 15.2 Å². The van der Waals surface area contributed by atoms with Gasteiger partial charge in [-0.05, 0) is 29.8 Å². The maximum Gasteiger partial charge on any atom is 0.339 e. The van der Waals surface area contributed by atoms with E-state index in [0.29, 0.717) is 12.2 Å². The van der Waals surface area contributed by atoms with Gasteiger partial charge in [-0.1, -0.05) is 30.3 Å². The number of hydrogen-bond acceptors (Lipinski definition) is 4. The van der Waals surface area contributed by atoms with Gasteiger partial charge in [0.2, 0.25) is 6.10 Å². The number of fused-ring (bicyclic) bond motifs is 1. The minimum Gasteiger partial charge on any atom is -0.445 e. The molecule has 0 radical (unpaired) electrons. The van der Waals surface area contributed by atoms with E-state index in [0.717, 1.165) is 10.8 Å². The number of amides is 1. The summed E-state index contributed by atoms with van der Waals surface area (Å²) in [5.74, 6) is -1.29. The van der Waals surface area contributed by atoms with Crippen LogP contribution in [0.5, 0.6) is 0 Å². The van der Waals surface area contributed by atoms with Crippen molar-refractivity contribution in [2.75, 3.05) is 6.61 Å². The quantitative estimate of drug-likeness (QED) is 0.684. The smallest absolute Gasteiger partial charge is 0.339 e. The van der Waals surface area contributed by atoms with Gasteiger partial charge in [-0.25, -0.2) is 4.79 Å². The molecule has 2 atom stereocenters. The summed E-state index contributed by atoms with van der Waals surface area (Å²) in [5, 5.41) is 1.95. The Hall–Kier alpha value is -2.40. The molecule has 1 aliphatic heterocycles. The van der Waals surface area contributed by atoms with Crippen molar-refractivity contribution >= 4 is 22.6 Å². The van der Waals surface area contributed by atoms with E-state index in [-0.39, 0.29) is 0 Å². The first kappa shape index (κ1) is 13.6. The highest BCUT2D eigenvalue weighted by Gasteiger charge is 2.52. The lowest BCUT2D eigenvalue weighted by Gasteiger charge is -2.18. The SMILES string of the molecule is C[C@@]1([C@H](OC(=O)c2ccc3ccccc3c2)C(N)=O)CO1. The molecule has 1 fully saturated rings. The molecule has 108 valence electrons. The summed E-state index contributed by atoms with van der Waals surface area (Å²) in [6.07, 6.45) is -1.07. The highest BCUT2D eigenvalue weighted by Crippen LogP contribution is 2.32. The first-order chi connectivity index (χ1) is 9.99. The molecule has 0 saturated carbocycles. The zero-order chi connectivity index (χ0) is 15.0. The third-order valence-corrected chi connectivity index (χ3v) is 3.62. The van der Waals surface area contributed by atoms with Crippen LogP contribution in [-0.4, -0.2) is 30.2 Å². The van der Waals surface area contributed by atoms with Gasteiger partial charge in [-0.3, -0.25) is 4.79 Å². The molecule has 0 aliphatic carbocycles. The molecule has 0 spiro atoms. The van der Waals surface area contributed by atoms with E-state index >= 15 is 0 Å². The summed E-state index contributed by atoms with van der Waals surface area (Å²) in [6, 6.07) is 12.9. The molecule has 21 heavy (non-hydrogen) atoms. The van der Waals surface area contributed by atoms with Crippen LogP contribution in [0.2, 0.25) is 0 Å². The molecule has 0 aromatic heterocycles. The molecular formula is C16H15NO4. The molecule has 0 unspecified atom stereocenters. The number of rotatable bonds is 4. The van der Waals surface area contributed by atoms with Crippen LogP contribution in [0.1, 0.15) is 17.3 Å². The second kappa shape index (κ2) is 4.86. The van der Waals surface area contributed by atoms with Gasteiger partial charge in [0.1, 0.15) is 5.60 Å². The van der Waals surface area contributed by atoms with Crippen LogP contribution in [0, 0.1) is 0 Å². The number of carbonyl (C=O) groups excluding carboxylic acids is 2. The van der Waals surface area contributed by atoms with Gasteiger partial charge in [0.25, 0.3) is 5.91 Å². The second-order valence-corrected chi connectivity index (χ2v) is 5.35. The molecule has 2 N–H and O–H groups in total. The Balaban J connectivity index is 1.84. The number of ether oxygens (including phenoxy) is 2. The Morgan fingerprint density at radius 2 is 1.90 bits per heavy atom. The molecular weight excluding hydrogens is 270 g/mol. The van der Waals surface area contributed by atoms with Crippen molar-refractivity contribution in [3.63, 3.8) is 0 Å². The lowest BCUT2D eigenvalue weighted by Crippen LogP contribution is -2.43. The van der Waals surface area contributed by atoms with Crippen LogP contribution >= 0.6 is 0 Å². The van der Waals surface area contributed by atoms with Gasteiger partial charge in [0, 0.05) is 0 Å². The minimum atomic E-state index is -1.07. The first-order valence-corrected chi connectivity index (χ1v) is 6.63. The standard InChI is InChI=1S/C16H15NO4/c1-16(9-20-16)13(14(17)18)21-15(19)12-7-6-10-4-2-3-5-11(10)8-12/h2-8,13H,9H2,1H3,(H2,17,18)/t13-,16+/m1/s1. The van der Waals surface area contributed by atoms with Gasteiger partial charge in [-0.15, -0.1) is 0 Å². The third-order valence-electron chi connectivity index (χ3n) is 3.62. The van der Waals surface area contributed by atoms with Crippen LogP contribution in [0.15, 0.2) is 42.5 Å². The van der Waals surface area contributed by atoms with Crippen molar-refractivity contribution in [2.45, 2.75) is 18.6 Å². The zero-order valence-corrected chi connectivity index (χ0v) is 11.5. The Morgan fingerprint density at radius 1 is 1.24 bits per heavy atom. The molecule has 5 nitrogen and oxygen atoms in total. The summed E-state index contributed by atoms with van der Waals surface area (Å²) in [5.41, 5.74) is 4.87. The monoisotopic (exact) mass is 285 g/mol. The molecule has 2 aromatic carbocycles. The molecule has 5 heteroatoms. The van der Waals surface area contributed by atoms with Crippen LogP contribution < -0.4 is 5.73 Å². The predicted molar refractivity (Wildman–Crippen MR) is 76.7 cm³/mol. The summed E-state index contributed by atoms with van der Waals surface area (Å²) in [6.45, 7) is 2.04. The number of hydrogen-bond donors (Lipinski definition) is 1. The molecule has 0 bridgehead atoms. The van der Waals surface area contributed by atoms with E-state index in [2.05, 4.69) is 0 Å². The number of carbonyl (C=O) groups is 2. The number of esters is 1. The van der Waals surface area contributed by atoms with Gasteiger partial charge in [0.15, 0.2) is 0 Å². The van der Waals surface area contributed by atoms with Crippen LogP contribution in [0.3, 0.4) is 0 Å². The van der Waals surface area contributed by atoms with Crippen LogP contribution in [-0.2, 0) is 14.3 Å². The average molecular weight is 285 g/mol. The molecule has 1 saturated heterocycles. The lowest BCUT2D eigenvalue weighted by atomic mass is 10.0. The topological polar surface area (TPSA) is 81.9 Å². The fourth-order valence-electron chi connectivity index (χ4n) is 2.24. The van der Waals surface area contributed by atoms with Crippen molar-refractivity contribution < 1.29 is 19.1 Å². The molecule has 3 rings (SSSR count). The van der Waals surface area contributed by atoms with Crippen molar-refractivity contribution in [1.29, 1.82) is 0 Å². The number of benzene rings is 2. The van der Waals surface area contributed by atoms with E-state index in [9.17, 15) is 9.59 Å². The van der Waals surface area contributed by atoms with Crippen molar-refractivity contribution in [3.8, 4) is 0 Å². The molecule has 1 heterocycles. The highest BCUT2D eigenvalue weighted by atomic mass is 16.6. The Kier molecular flexibility index (Phi) is 3.14. The highest BCUT2D eigenvalue weighted by molar-refractivity contribution is 5.96. The Bertz CT molecular complexity index is 721. The summed E-state index contributed by atoms with van der Waals surface area (Å²) >= 11 is 0. The largest absolute Gasteiger partial charge is 0.445 e. The van der Waals surface area contributed by atoms with Gasteiger partial charge >= 0.3 is 5.97 Å². The number of epoxide rings is 1. The maximum atomic E-state index is 12.2. The van der Waals surface area contributed by atoms with Crippen molar-refractivity contribution in [3.05, 3.63) is 48.0 Å². The molecule has 1 aliphatic rings. The Morgan fingerprint density at radius 3 is 2.52 bits per heavy atom. The predicted octanol–water partition coefficient (Wildman–Crippen LogP) is 1.64. The average Bonchev–Trinajstić information content (AvgIpc) is 3.22. The fraction of sp³-hybridized carbons (Fsp3) is 0.250. The lowest BCUT2D eigenvalue weighted by molar-refractivity contribution is -0.129. The summed E-state index contributed by atoms with van der Waals surface area (Å²) < 4.78 is 10.4. The maximum absolute atomic E-state index is 12.2.